The smallest absolute Gasteiger partial charge is 0.189 e. The van der Waals surface area contributed by atoms with E-state index < -0.39 is 0 Å². The highest BCUT2D eigenvalue weighted by atomic mass is 16.5. The fraction of sp³-hybridized carbons (Fsp3) is 0.417. The molecule has 5 nitrogen and oxygen atoms in total. The molecule has 0 radical (unpaired) electrons. The quantitative estimate of drug-likeness (QED) is 0.814. The molecule has 5 heteroatoms. The van der Waals surface area contributed by atoms with Gasteiger partial charge in [0.2, 0.25) is 0 Å². The predicted octanol–water partition coefficient (Wildman–Crippen LogP) is 0.837. The maximum Gasteiger partial charge on any atom is 0.189 e. The van der Waals surface area contributed by atoms with Crippen LogP contribution in [0.5, 0.6) is 11.5 Å². The van der Waals surface area contributed by atoms with E-state index in [9.17, 15) is 0 Å². The zero-order valence-corrected chi connectivity index (χ0v) is 10.3. The minimum absolute atomic E-state index is 0.343. The maximum atomic E-state index is 5.68. The van der Waals surface area contributed by atoms with E-state index in [0.29, 0.717) is 12.5 Å². The highest BCUT2D eigenvalue weighted by Gasteiger charge is 2.34. The standard InChI is InChI=1S/C12H17N3O2/c1-12(7-14-11(13)15-12)9-6-8(16-2)4-5-10(9)17-3/h4-6H,7H2,1-3H3,(H3,13,14,15). The van der Waals surface area contributed by atoms with Crippen LogP contribution in [0.25, 0.3) is 0 Å². The predicted molar refractivity (Wildman–Crippen MR) is 66.5 cm³/mol. The third kappa shape index (κ3) is 2.00. The van der Waals surface area contributed by atoms with E-state index in [2.05, 4.69) is 10.3 Å². The Morgan fingerprint density at radius 3 is 2.65 bits per heavy atom. The number of rotatable bonds is 3. The molecule has 0 spiro atoms. The van der Waals surface area contributed by atoms with Crippen molar-refractivity contribution in [1.29, 1.82) is 0 Å². The summed E-state index contributed by atoms with van der Waals surface area (Å²) in [6.07, 6.45) is 0. The van der Waals surface area contributed by atoms with Crippen LogP contribution in [0.2, 0.25) is 0 Å². The van der Waals surface area contributed by atoms with E-state index in [1.807, 2.05) is 25.1 Å². The van der Waals surface area contributed by atoms with E-state index in [1.54, 1.807) is 14.2 Å². The average molecular weight is 235 g/mol. The molecule has 1 heterocycles. The van der Waals surface area contributed by atoms with Crippen molar-refractivity contribution in [2.24, 2.45) is 10.7 Å². The van der Waals surface area contributed by atoms with Crippen LogP contribution in [0.15, 0.2) is 23.2 Å². The monoisotopic (exact) mass is 235 g/mol. The number of aliphatic imine (C=N–C) groups is 1. The molecular weight excluding hydrogens is 218 g/mol. The summed E-state index contributed by atoms with van der Waals surface area (Å²) < 4.78 is 10.6. The van der Waals surface area contributed by atoms with E-state index >= 15 is 0 Å². The van der Waals surface area contributed by atoms with E-state index in [0.717, 1.165) is 17.1 Å². The van der Waals surface area contributed by atoms with E-state index in [-0.39, 0.29) is 5.54 Å². The Balaban J connectivity index is 2.43. The number of hydrogen-bond donors (Lipinski definition) is 2. The van der Waals surface area contributed by atoms with Crippen LogP contribution in [0.3, 0.4) is 0 Å². The van der Waals surface area contributed by atoms with Gasteiger partial charge in [-0.2, -0.15) is 0 Å². The molecule has 2 rings (SSSR count). The molecule has 0 aromatic heterocycles. The molecule has 0 bridgehead atoms. The second-order valence-corrected chi connectivity index (χ2v) is 4.22. The molecule has 1 unspecified atom stereocenters. The van der Waals surface area contributed by atoms with Crippen LogP contribution in [-0.4, -0.2) is 26.7 Å². The van der Waals surface area contributed by atoms with Gasteiger partial charge in [-0.05, 0) is 25.1 Å². The Morgan fingerprint density at radius 2 is 2.12 bits per heavy atom. The first-order valence-electron chi connectivity index (χ1n) is 5.39. The summed E-state index contributed by atoms with van der Waals surface area (Å²) in [4.78, 5) is 4.18. The lowest BCUT2D eigenvalue weighted by atomic mass is 9.92. The molecule has 1 aliphatic heterocycles. The van der Waals surface area contributed by atoms with E-state index in [1.165, 1.54) is 0 Å². The molecule has 92 valence electrons. The molecular formula is C12H17N3O2. The molecule has 0 saturated carbocycles. The fourth-order valence-electron chi connectivity index (χ4n) is 2.00. The van der Waals surface area contributed by atoms with Gasteiger partial charge < -0.3 is 20.5 Å². The Bertz CT molecular complexity index is 459. The minimum Gasteiger partial charge on any atom is -0.497 e. The summed E-state index contributed by atoms with van der Waals surface area (Å²) >= 11 is 0. The maximum absolute atomic E-state index is 5.68. The van der Waals surface area contributed by atoms with Gasteiger partial charge in [0.05, 0.1) is 26.3 Å². The van der Waals surface area contributed by atoms with Gasteiger partial charge in [0.1, 0.15) is 11.5 Å². The van der Waals surface area contributed by atoms with Crippen LogP contribution >= 0.6 is 0 Å². The highest BCUT2D eigenvalue weighted by Crippen LogP contribution is 2.34. The number of hydrogen-bond acceptors (Lipinski definition) is 5. The molecule has 1 aliphatic rings. The molecule has 1 aromatic carbocycles. The van der Waals surface area contributed by atoms with Gasteiger partial charge in [-0.1, -0.05) is 0 Å². The molecule has 17 heavy (non-hydrogen) atoms. The number of nitrogens with one attached hydrogen (secondary N) is 1. The Morgan fingerprint density at radius 1 is 1.35 bits per heavy atom. The summed E-state index contributed by atoms with van der Waals surface area (Å²) in [7, 11) is 3.29. The molecule has 0 fully saturated rings. The van der Waals surface area contributed by atoms with Crippen molar-refractivity contribution in [3.63, 3.8) is 0 Å². The Hall–Kier alpha value is -1.91. The number of guanidine groups is 1. The van der Waals surface area contributed by atoms with Crippen molar-refractivity contribution < 1.29 is 9.47 Å². The summed E-state index contributed by atoms with van der Waals surface area (Å²) in [5.74, 6) is 2.04. The third-order valence-corrected chi connectivity index (χ3v) is 2.97. The van der Waals surface area contributed by atoms with Crippen molar-refractivity contribution in [3.8, 4) is 11.5 Å². The molecule has 0 aliphatic carbocycles. The topological polar surface area (TPSA) is 68.9 Å². The van der Waals surface area contributed by atoms with E-state index in [4.69, 9.17) is 15.2 Å². The largest absolute Gasteiger partial charge is 0.497 e. The van der Waals surface area contributed by atoms with Gasteiger partial charge in [0.25, 0.3) is 0 Å². The van der Waals surface area contributed by atoms with Crippen molar-refractivity contribution >= 4 is 5.96 Å². The van der Waals surface area contributed by atoms with Crippen LogP contribution < -0.4 is 20.5 Å². The SMILES string of the molecule is COc1ccc(OC)c(C2(C)CN=C(N)N2)c1. The lowest BCUT2D eigenvalue weighted by molar-refractivity contribution is 0.376. The van der Waals surface area contributed by atoms with Gasteiger partial charge in [-0.15, -0.1) is 0 Å². The van der Waals surface area contributed by atoms with Gasteiger partial charge in [0.15, 0.2) is 5.96 Å². The van der Waals surface area contributed by atoms with Crippen LogP contribution in [-0.2, 0) is 5.54 Å². The van der Waals surface area contributed by atoms with Crippen molar-refractivity contribution in [2.45, 2.75) is 12.5 Å². The van der Waals surface area contributed by atoms with Crippen molar-refractivity contribution in [2.75, 3.05) is 20.8 Å². The molecule has 1 atom stereocenters. The lowest BCUT2D eigenvalue weighted by Gasteiger charge is -2.27. The first kappa shape index (κ1) is 11.6. The van der Waals surface area contributed by atoms with Crippen molar-refractivity contribution in [3.05, 3.63) is 23.8 Å². The van der Waals surface area contributed by atoms with Crippen LogP contribution in [0, 0.1) is 0 Å². The highest BCUT2D eigenvalue weighted by molar-refractivity contribution is 5.81. The number of ether oxygens (including phenoxy) is 2. The normalized spacial score (nSPS) is 22.9. The molecule has 0 amide bonds. The van der Waals surface area contributed by atoms with Gasteiger partial charge >= 0.3 is 0 Å². The summed E-state index contributed by atoms with van der Waals surface area (Å²) in [5.41, 5.74) is 6.32. The molecule has 0 saturated heterocycles. The van der Waals surface area contributed by atoms with Crippen LogP contribution in [0.4, 0.5) is 0 Å². The number of benzene rings is 1. The van der Waals surface area contributed by atoms with Gasteiger partial charge in [-0.3, -0.25) is 4.99 Å². The van der Waals surface area contributed by atoms with Crippen LogP contribution in [0.1, 0.15) is 12.5 Å². The Kier molecular flexibility index (Phi) is 2.83. The second kappa shape index (κ2) is 4.16. The molecule has 1 aromatic rings. The summed E-state index contributed by atoms with van der Waals surface area (Å²) in [6, 6.07) is 5.69. The minimum atomic E-state index is -0.343. The van der Waals surface area contributed by atoms with Gasteiger partial charge in [-0.25, -0.2) is 0 Å². The van der Waals surface area contributed by atoms with Crippen molar-refractivity contribution in [1.82, 2.24) is 5.32 Å². The summed E-state index contributed by atoms with van der Waals surface area (Å²) in [6.45, 7) is 2.62. The first-order valence-corrected chi connectivity index (χ1v) is 5.39. The third-order valence-electron chi connectivity index (χ3n) is 2.97. The number of nitrogens with zero attached hydrogens (tertiary/aromatic N) is 1. The second-order valence-electron chi connectivity index (χ2n) is 4.22. The van der Waals surface area contributed by atoms with Gasteiger partial charge in [0, 0.05) is 5.56 Å². The zero-order valence-electron chi connectivity index (χ0n) is 10.3. The Labute approximate surface area is 101 Å². The molecule has 3 N–H and O–H groups in total. The number of methoxy groups -OCH3 is 2. The fourth-order valence-corrected chi connectivity index (χ4v) is 2.00. The summed E-state index contributed by atoms with van der Waals surface area (Å²) in [5, 5.41) is 3.16. The lowest BCUT2D eigenvalue weighted by Crippen LogP contribution is -2.43. The average Bonchev–Trinajstić information content (AvgIpc) is 2.69. The zero-order chi connectivity index (χ0) is 12.5. The number of nitrogens with two attached hydrogens (primary N) is 1. The first-order chi connectivity index (χ1) is 8.09.